The van der Waals surface area contributed by atoms with Crippen LogP contribution in [0, 0.1) is 5.92 Å². The number of benzene rings is 2. The number of hydrogen-bond donors (Lipinski definition) is 1. The number of aromatic nitrogens is 1. The van der Waals surface area contributed by atoms with E-state index in [2.05, 4.69) is 10.1 Å². The molecule has 34 heavy (non-hydrogen) atoms. The Kier molecular flexibility index (Phi) is 5.55. The van der Waals surface area contributed by atoms with E-state index in [1.54, 1.807) is 27.7 Å². The highest BCUT2D eigenvalue weighted by Gasteiger charge is 2.38. The van der Waals surface area contributed by atoms with Gasteiger partial charge in [-0.3, -0.25) is 4.79 Å². The molecule has 0 spiro atoms. The van der Waals surface area contributed by atoms with Gasteiger partial charge in [0.05, 0.1) is 0 Å². The van der Waals surface area contributed by atoms with Crippen LogP contribution in [0.25, 0.3) is 11.1 Å². The summed E-state index contributed by atoms with van der Waals surface area (Å²) in [6.45, 7) is 1.48. The summed E-state index contributed by atoms with van der Waals surface area (Å²) in [6.07, 6.45) is -3.93. The van der Waals surface area contributed by atoms with E-state index in [0.29, 0.717) is 30.9 Å². The minimum Gasteiger partial charge on any atom is -0.406 e. The van der Waals surface area contributed by atoms with Crippen molar-refractivity contribution in [2.45, 2.75) is 25.2 Å². The average molecular weight is 469 g/mol. The minimum absolute atomic E-state index is 0.0657. The molecule has 1 saturated heterocycles. The van der Waals surface area contributed by atoms with Gasteiger partial charge < -0.3 is 19.5 Å². The number of para-hydroxylation sites is 1. The van der Waals surface area contributed by atoms with Crippen molar-refractivity contribution in [2.24, 2.45) is 5.92 Å². The molecular weight excluding hydrogens is 447 g/mol. The van der Waals surface area contributed by atoms with Crippen LogP contribution < -0.4 is 15.6 Å². The highest BCUT2D eigenvalue weighted by molar-refractivity contribution is 5.89. The van der Waals surface area contributed by atoms with E-state index in [0.717, 1.165) is 17.7 Å². The fourth-order valence-electron chi connectivity index (χ4n) is 4.99. The molecule has 3 heterocycles. The summed E-state index contributed by atoms with van der Waals surface area (Å²) in [7, 11) is 0. The van der Waals surface area contributed by atoms with Crippen LogP contribution in [0.5, 0.6) is 5.75 Å². The number of fused-ring (bicyclic) bond motifs is 4. The Hall–Kier alpha value is -3.75. The van der Waals surface area contributed by atoms with Gasteiger partial charge in [-0.15, -0.1) is 13.2 Å². The molecule has 1 aromatic heterocycles. The summed E-state index contributed by atoms with van der Waals surface area (Å²) in [6, 6.07) is 17.8. The van der Waals surface area contributed by atoms with Crippen LogP contribution in [0.2, 0.25) is 0 Å². The number of pyridine rings is 1. The summed E-state index contributed by atoms with van der Waals surface area (Å²) in [4.78, 5) is 27.4. The predicted molar refractivity (Wildman–Crippen MR) is 121 cm³/mol. The Labute approximate surface area is 193 Å². The summed E-state index contributed by atoms with van der Waals surface area (Å²) >= 11 is 0. The van der Waals surface area contributed by atoms with Gasteiger partial charge in [0.25, 0.3) is 5.56 Å². The number of alkyl halides is 3. The quantitative estimate of drug-likeness (QED) is 0.583. The number of carbonyl (C=O) groups excluding carboxylic acids is 1. The molecule has 0 aliphatic carbocycles. The summed E-state index contributed by atoms with van der Waals surface area (Å²) in [5.41, 5.74) is 2.86. The van der Waals surface area contributed by atoms with Crippen molar-refractivity contribution in [3.63, 3.8) is 0 Å². The molecule has 2 aromatic carbocycles. The second-order valence-corrected chi connectivity index (χ2v) is 8.65. The monoisotopic (exact) mass is 469 g/mol. The first-order valence-corrected chi connectivity index (χ1v) is 11.0. The summed E-state index contributed by atoms with van der Waals surface area (Å²) in [5, 5.41) is 2.92. The Bertz CT molecular complexity index is 1260. The Morgan fingerprint density at radius 2 is 1.68 bits per heavy atom. The molecule has 1 N–H and O–H groups in total. The number of halogens is 3. The van der Waals surface area contributed by atoms with Gasteiger partial charge in [0.1, 0.15) is 5.75 Å². The van der Waals surface area contributed by atoms with Crippen molar-refractivity contribution in [3.05, 3.63) is 82.8 Å². The van der Waals surface area contributed by atoms with Gasteiger partial charge >= 0.3 is 12.4 Å². The highest BCUT2D eigenvalue weighted by atomic mass is 19.4. The zero-order valence-electron chi connectivity index (χ0n) is 18.1. The van der Waals surface area contributed by atoms with Gasteiger partial charge in [0.2, 0.25) is 0 Å². The molecule has 1 fully saturated rings. The third kappa shape index (κ3) is 4.50. The Morgan fingerprint density at radius 3 is 2.38 bits per heavy atom. The van der Waals surface area contributed by atoms with Crippen LogP contribution in [0.3, 0.4) is 0 Å². The van der Waals surface area contributed by atoms with Crippen molar-refractivity contribution < 1.29 is 22.7 Å². The lowest BCUT2D eigenvalue weighted by atomic mass is 9.80. The van der Waals surface area contributed by atoms with Crippen molar-refractivity contribution >= 4 is 11.7 Å². The zero-order chi connectivity index (χ0) is 23.9. The molecule has 176 valence electrons. The van der Waals surface area contributed by atoms with E-state index >= 15 is 0 Å². The lowest BCUT2D eigenvalue weighted by molar-refractivity contribution is -0.274. The van der Waals surface area contributed by atoms with E-state index in [1.165, 1.54) is 18.2 Å². The first-order chi connectivity index (χ1) is 16.3. The molecule has 3 aromatic rings. The van der Waals surface area contributed by atoms with Crippen molar-refractivity contribution in [1.29, 1.82) is 0 Å². The SMILES string of the molecule is O=C(Nc1ccccc1)N1CC2CC(C1)c1c(-c3ccc(OC(F)(F)F)cc3)ccc(=O)n1C2. The molecule has 2 aliphatic heterocycles. The maximum Gasteiger partial charge on any atom is 0.573 e. The number of likely N-dealkylation sites (tertiary alicyclic amines) is 1. The number of ether oxygens (including phenoxy) is 1. The molecule has 2 unspecified atom stereocenters. The third-order valence-corrected chi connectivity index (χ3v) is 6.30. The lowest BCUT2D eigenvalue weighted by Crippen LogP contribution is -2.50. The molecule has 0 saturated carbocycles. The maximum atomic E-state index is 12.9. The summed E-state index contributed by atoms with van der Waals surface area (Å²) in [5.74, 6) is -0.230. The number of rotatable bonds is 3. The van der Waals surface area contributed by atoms with E-state index in [1.807, 2.05) is 30.3 Å². The van der Waals surface area contributed by atoms with E-state index in [-0.39, 0.29) is 29.2 Å². The van der Waals surface area contributed by atoms with Gasteiger partial charge in [0, 0.05) is 48.6 Å². The molecule has 2 aliphatic rings. The number of hydrogen-bond acceptors (Lipinski definition) is 3. The summed E-state index contributed by atoms with van der Waals surface area (Å²) < 4.78 is 43.3. The van der Waals surface area contributed by atoms with Crippen molar-refractivity contribution in [3.8, 4) is 16.9 Å². The predicted octanol–water partition coefficient (Wildman–Crippen LogP) is 5.07. The number of carbonyl (C=O) groups is 1. The van der Waals surface area contributed by atoms with Gasteiger partial charge in [-0.25, -0.2) is 4.79 Å². The average Bonchev–Trinajstić information content (AvgIpc) is 2.80. The second kappa shape index (κ2) is 8.55. The fourth-order valence-corrected chi connectivity index (χ4v) is 4.99. The molecule has 2 atom stereocenters. The molecule has 9 heteroatoms. The number of anilines is 1. The van der Waals surface area contributed by atoms with Gasteiger partial charge in [-0.2, -0.15) is 0 Å². The Morgan fingerprint density at radius 1 is 0.941 bits per heavy atom. The standard InChI is InChI=1S/C25H22F3N3O3/c26-25(27,28)34-20-8-6-17(7-9-20)21-10-11-22(32)31-14-16-12-18(23(21)31)15-30(13-16)24(33)29-19-4-2-1-3-5-19/h1-11,16,18H,12-15H2,(H,29,33). The van der Waals surface area contributed by atoms with Crippen LogP contribution in [-0.4, -0.2) is 34.9 Å². The van der Waals surface area contributed by atoms with Crippen molar-refractivity contribution in [2.75, 3.05) is 18.4 Å². The molecule has 0 radical (unpaired) electrons. The van der Waals surface area contributed by atoms with Crippen LogP contribution in [0.4, 0.5) is 23.7 Å². The molecule has 6 nitrogen and oxygen atoms in total. The normalized spacial score (nSPS) is 19.3. The van der Waals surface area contributed by atoms with Gasteiger partial charge in [-0.1, -0.05) is 30.3 Å². The smallest absolute Gasteiger partial charge is 0.406 e. The highest BCUT2D eigenvalue weighted by Crippen LogP contribution is 2.40. The minimum atomic E-state index is -4.76. The second-order valence-electron chi connectivity index (χ2n) is 8.65. The topological polar surface area (TPSA) is 63.6 Å². The van der Waals surface area contributed by atoms with Gasteiger partial charge in [0.15, 0.2) is 0 Å². The van der Waals surface area contributed by atoms with Crippen LogP contribution in [0.15, 0.2) is 71.5 Å². The number of piperidine rings is 1. The Balaban J connectivity index is 1.43. The fraction of sp³-hybridized carbons (Fsp3) is 0.280. The van der Waals surface area contributed by atoms with Crippen LogP contribution in [-0.2, 0) is 6.54 Å². The molecule has 5 rings (SSSR count). The number of urea groups is 1. The van der Waals surface area contributed by atoms with Gasteiger partial charge in [-0.05, 0) is 48.2 Å². The first-order valence-electron chi connectivity index (χ1n) is 11.0. The number of amides is 2. The molecular formula is C25H22F3N3O3. The number of nitrogens with zero attached hydrogens (tertiary/aromatic N) is 2. The molecule has 2 amide bonds. The largest absolute Gasteiger partial charge is 0.573 e. The van der Waals surface area contributed by atoms with Crippen molar-refractivity contribution in [1.82, 2.24) is 9.47 Å². The van der Waals surface area contributed by atoms with E-state index < -0.39 is 6.36 Å². The van der Waals surface area contributed by atoms with E-state index in [4.69, 9.17) is 0 Å². The van der Waals surface area contributed by atoms with Crippen LogP contribution in [0.1, 0.15) is 18.0 Å². The third-order valence-electron chi connectivity index (χ3n) is 6.30. The zero-order valence-corrected chi connectivity index (χ0v) is 18.1. The number of nitrogens with one attached hydrogen (secondary N) is 1. The van der Waals surface area contributed by atoms with E-state index in [9.17, 15) is 22.8 Å². The van der Waals surface area contributed by atoms with Crippen LogP contribution >= 0.6 is 0 Å². The first kappa shape index (κ1) is 22.1. The lowest BCUT2D eigenvalue weighted by Gasteiger charge is -2.43. The maximum absolute atomic E-state index is 12.9. The molecule has 2 bridgehead atoms.